The van der Waals surface area contributed by atoms with Gasteiger partial charge in [0, 0.05) is 22.3 Å². The Balaban J connectivity index is 1.42. The van der Waals surface area contributed by atoms with Crippen molar-refractivity contribution < 1.29 is 19.5 Å². The second kappa shape index (κ2) is 10.8. The lowest BCUT2D eigenvalue weighted by Crippen LogP contribution is -2.53. The third kappa shape index (κ3) is 4.33. The molecule has 3 aliphatic rings. The third-order valence-corrected chi connectivity index (χ3v) is 11.8. The Morgan fingerprint density at radius 1 is 1.07 bits per heavy atom. The van der Waals surface area contributed by atoms with Crippen LogP contribution in [0.2, 0.25) is 0 Å². The molecule has 3 aliphatic heterocycles. The molecule has 3 aromatic rings. The summed E-state index contributed by atoms with van der Waals surface area (Å²) in [5.74, 6) is -1.90. The minimum Gasteiger partial charge on any atom is -0.394 e. The highest BCUT2D eigenvalue weighted by molar-refractivity contribution is 9.09. The molecule has 7 atom stereocenters. The molecule has 9 heteroatoms. The zero-order valence-electron chi connectivity index (χ0n) is 22.1. The number of nitrogens with zero attached hydrogens (tertiary/aromatic N) is 1. The number of amides is 3. The van der Waals surface area contributed by atoms with Gasteiger partial charge in [-0.25, -0.2) is 0 Å². The first-order chi connectivity index (χ1) is 19.4. The summed E-state index contributed by atoms with van der Waals surface area (Å²) in [6.45, 7) is 2.19. The minimum absolute atomic E-state index is 0.0147. The van der Waals surface area contributed by atoms with E-state index in [1.165, 1.54) is 0 Å². The van der Waals surface area contributed by atoms with Crippen LogP contribution >= 0.6 is 27.7 Å². The molecule has 7 nitrogen and oxygen atoms in total. The molecule has 0 aromatic heterocycles. The van der Waals surface area contributed by atoms with E-state index in [2.05, 4.69) is 26.6 Å². The number of carbonyl (C=O) groups excluding carboxylic acids is 3. The molecule has 0 radical (unpaired) electrons. The van der Waals surface area contributed by atoms with Crippen molar-refractivity contribution in [1.82, 2.24) is 10.2 Å². The number of hydrogen-bond donors (Lipinski definition) is 3. The molecule has 0 saturated carbocycles. The number of fused-ring (bicyclic) bond motifs is 2. The number of carbonyl (C=O) groups is 3. The van der Waals surface area contributed by atoms with Gasteiger partial charge in [-0.15, -0.1) is 11.8 Å². The van der Waals surface area contributed by atoms with Crippen LogP contribution in [0.25, 0.3) is 10.8 Å². The van der Waals surface area contributed by atoms with E-state index in [-0.39, 0.29) is 34.4 Å². The van der Waals surface area contributed by atoms with Gasteiger partial charge in [0.15, 0.2) is 0 Å². The van der Waals surface area contributed by atoms with Crippen molar-refractivity contribution in [2.24, 2.45) is 11.8 Å². The first-order valence-electron chi connectivity index (χ1n) is 13.8. The summed E-state index contributed by atoms with van der Waals surface area (Å²) < 4.78 is -0.798. The monoisotopic (exact) mass is 621 g/mol. The smallest absolute Gasteiger partial charge is 0.248 e. The number of thioether (sulfide) groups is 1. The average Bonchev–Trinajstić information content (AvgIpc) is 3.56. The zero-order valence-corrected chi connectivity index (χ0v) is 24.5. The van der Waals surface area contributed by atoms with Gasteiger partial charge >= 0.3 is 0 Å². The van der Waals surface area contributed by atoms with E-state index < -0.39 is 28.7 Å². The lowest BCUT2D eigenvalue weighted by atomic mass is 9.70. The lowest BCUT2D eigenvalue weighted by molar-refractivity contribution is -0.142. The fourth-order valence-electron chi connectivity index (χ4n) is 6.88. The van der Waals surface area contributed by atoms with Crippen LogP contribution in [-0.4, -0.2) is 61.7 Å². The van der Waals surface area contributed by atoms with Crippen LogP contribution in [0.1, 0.15) is 31.4 Å². The number of alkyl halides is 1. The van der Waals surface area contributed by atoms with Crippen LogP contribution in [0.15, 0.2) is 72.8 Å². The van der Waals surface area contributed by atoms with Crippen molar-refractivity contribution in [3.8, 4) is 0 Å². The Bertz CT molecular complexity index is 1450. The molecule has 2 bridgehead atoms. The Morgan fingerprint density at radius 3 is 2.52 bits per heavy atom. The number of halogens is 1. The SMILES string of the molecule is CCCNC(=O)[C@H]1[C@@H]2SC3(CC2Br)C(C(=O)Nc2ccc4ccccc4c2)N([C@H](CO)c2ccccc2)C(=O)[C@H]13. The summed E-state index contributed by atoms with van der Waals surface area (Å²) in [6.07, 6.45) is 1.37. The Labute approximate surface area is 246 Å². The van der Waals surface area contributed by atoms with E-state index in [4.69, 9.17) is 0 Å². The van der Waals surface area contributed by atoms with Crippen molar-refractivity contribution in [3.63, 3.8) is 0 Å². The number of likely N-dealkylation sites (tertiary alicyclic amines) is 1. The molecule has 1 spiro atoms. The summed E-state index contributed by atoms with van der Waals surface area (Å²) in [4.78, 5) is 43.8. The van der Waals surface area contributed by atoms with Gasteiger partial charge in [0.05, 0.1) is 29.2 Å². The molecule has 3 amide bonds. The predicted octanol–water partition coefficient (Wildman–Crippen LogP) is 4.50. The largest absolute Gasteiger partial charge is 0.394 e. The first-order valence-corrected chi connectivity index (χ1v) is 15.6. The van der Waals surface area contributed by atoms with Gasteiger partial charge in [-0.2, -0.15) is 0 Å². The minimum atomic E-state index is -0.868. The molecule has 0 aliphatic carbocycles. The van der Waals surface area contributed by atoms with E-state index in [0.29, 0.717) is 18.7 Å². The maximum Gasteiger partial charge on any atom is 0.248 e. The zero-order chi connectivity index (χ0) is 28.0. The quantitative estimate of drug-likeness (QED) is 0.322. The molecular weight excluding hydrogens is 590 g/mol. The molecule has 40 heavy (non-hydrogen) atoms. The summed E-state index contributed by atoms with van der Waals surface area (Å²) in [7, 11) is 0. The molecule has 6 rings (SSSR count). The number of anilines is 1. The van der Waals surface area contributed by atoms with Gasteiger partial charge in [-0.1, -0.05) is 83.5 Å². The van der Waals surface area contributed by atoms with Gasteiger partial charge in [-0.05, 0) is 41.3 Å². The molecule has 208 valence electrons. The van der Waals surface area contributed by atoms with Crippen molar-refractivity contribution in [2.45, 2.75) is 46.7 Å². The fraction of sp³-hybridized carbons (Fsp3) is 0.387. The van der Waals surface area contributed by atoms with Gasteiger partial charge in [0.25, 0.3) is 0 Å². The fourth-order valence-corrected chi connectivity index (χ4v) is 10.5. The van der Waals surface area contributed by atoms with Gasteiger partial charge in [0.1, 0.15) is 6.04 Å². The molecule has 3 N–H and O–H groups in total. The van der Waals surface area contributed by atoms with Crippen LogP contribution < -0.4 is 10.6 Å². The number of benzene rings is 3. The van der Waals surface area contributed by atoms with Crippen LogP contribution in [0, 0.1) is 11.8 Å². The second-order valence-corrected chi connectivity index (χ2v) is 13.6. The molecular formula is C31H32BrN3O4S. The molecule has 3 heterocycles. The van der Waals surface area contributed by atoms with E-state index in [1.807, 2.05) is 79.7 Å². The van der Waals surface area contributed by atoms with Crippen molar-refractivity contribution in [3.05, 3.63) is 78.4 Å². The number of hydrogen-bond acceptors (Lipinski definition) is 5. The average molecular weight is 623 g/mol. The van der Waals surface area contributed by atoms with Crippen molar-refractivity contribution in [2.75, 3.05) is 18.5 Å². The summed E-state index contributed by atoms with van der Waals surface area (Å²) in [5, 5.41) is 18.7. The second-order valence-electron chi connectivity index (χ2n) is 10.9. The highest BCUT2D eigenvalue weighted by Crippen LogP contribution is 2.68. The molecule has 3 saturated heterocycles. The van der Waals surface area contributed by atoms with E-state index >= 15 is 0 Å². The van der Waals surface area contributed by atoms with Gasteiger partial charge < -0.3 is 20.6 Å². The standard InChI is InChI=1S/C31H32BrN3O4S/c1-2-14-33-28(37)24-25-30(39)35(23(17-36)19-9-4-3-5-10-19)27(31(25)16-22(32)26(24)40-31)29(38)34-21-13-12-18-8-6-7-11-20(18)15-21/h3-13,15,22-27,36H,2,14,16-17H2,1H3,(H,33,37)(H,34,38)/t22?,23-,24-,25+,26-,27?,31?/m1/s1. The molecule has 3 aromatic carbocycles. The Morgan fingerprint density at radius 2 is 1.80 bits per heavy atom. The van der Waals surface area contributed by atoms with Crippen LogP contribution in [-0.2, 0) is 14.4 Å². The third-order valence-electron chi connectivity index (χ3n) is 8.54. The normalized spacial score (nSPS) is 29.4. The number of rotatable bonds is 8. The predicted molar refractivity (Wildman–Crippen MR) is 161 cm³/mol. The van der Waals surface area contributed by atoms with Crippen LogP contribution in [0.4, 0.5) is 5.69 Å². The van der Waals surface area contributed by atoms with E-state index in [9.17, 15) is 19.5 Å². The summed E-state index contributed by atoms with van der Waals surface area (Å²) in [6, 6.07) is 21.4. The number of aliphatic hydroxyl groups excluding tert-OH is 1. The van der Waals surface area contributed by atoms with E-state index in [1.54, 1.807) is 16.7 Å². The Hall–Kier alpha value is -2.88. The lowest BCUT2D eigenvalue weighted by Gasteiger charge is -2.37. The van der Waals surface area contributed by atoms with E-state index in [0.717, 1.165) is 22.8 Å². The highest BCUT2D eigenvalue weighted by Gasteiger charge is 2.76. The highest BCUT2D eigenvalue weighted by atomic mass is 79.9. The molecule has 3 unspecified atom stereocenters. The maximum atomic E-state index is 14.4. The van der Waals surface area contributed by atoms with Gasteiger partial charge in [-0.3, -0.25) is 14.4 Å². The summed E-state index contributed by atoms with van der Waals surface area (Å²) >= 11 is 5.40. The van der Waals surface area contributed by atoms with Crippen molar-refractivity contribution >= 4 is 61.9 Å². The topological polar surface area (TPSA) is 98.7 Å². The maximum absolute atomic E-state index is 14.4. The summed E-state index contributed by atoms with van der Waals surface area (Å²) in [5.41, 5.74) is 1.39. The number of aliphatic hydroxyl groups is 1. The van der Waals surface area contributed by atoms with Crippen molar-refractivity contribution in [1.29, 1.82) is 0 Å². The Kier molecular flexibility index (Phi) is 7.39. The van der Waals surface area contributed by atoms with Crippen LogP contribution in [0.3, 0.4) is 0 Å². The van der Waals surface area contributed by atoms with Crippen LogP contribution in [0.5, 0.6) is 0 Å². The molecule has 3 fully saturated rings. The first kappa shape index (κ1) is 27.3. The number of nitrogens with one attached hydrogen (secondary N) is 2. The van der Waals surface area contributed by atoms with Gasteiger partial charge in [0.2, 0.25) is 17.7 Å².